The molecule has 8 heteroatoms. The first-order valence-corrected chi connectivity index (χ1v) is 10.9. The molecular formula is C25H30N2O6. The van der Waals surface area contributed by atoms with Crippen molar-refractivity contribution in [2.24, 2.45) is 0 Å². The predicted octanol–water partition coefficient (Wildman–Crippen LogP) is 3.25. The molecule has 176 valence electrons. The van der Waals surface area contributed by atoms with E-state index in [1.807, 2.05) is 36.4 Å². The molecule has 1 atom stereocenters. The quantitative estimate of drug-likeness (QED) is 0.571. The molecule has 0 bridgehead atoms. The monoisotopic (exact) mass is 454 g/mol. The highest BCUT2D eigenvalue weighted by molar-refractivity contribution is 5.90. The number of fused-ring (bicyclic) bond motifs is 3. The maximum Gasteiger partial charge on any atom is 0.408 e. The number of amides is 2. The maximum absolute atomic E-state index is 13.1. The van der Waals surface area contributed by atoms with E-state index in [9.17, 15) is 14.4 Å². The highest BCUT2D eigenvalue weighted by atomic mass is 16.5. The van der Waals surface area contributed by atoms with Crippen LogP contribution in [-0.2, 0) is 19.1 Å². The van der Waals surface area contributed by atoms with Gasteiger partial charge in [0.05, 0.1) is 13.0 Å². The predicted molar refractivity (Wildman–Crippen MR) is 123 cm³/mol. The van der Waals surface area contributed by atoms with Crippen LogP contribution in [0.3, 0.4) is 0 Å². The Bertz CT molecular complexity index is 978. The largest absolute Gasteiger partial charge is 0.481 e. The number of nitrogens with zero attached hydrogens (tertiary/aromatic N) is 1. The Labute approximate surface area is 193 Å². The molecule has 0 saturated heterocycles. The molecule has 0 aromatic heterocycles. The molecule has 0 saturated carbocycles. The number of rotatable bonds is 10. The number of carbonyl (C=O) groups is 3. The van der Waals surface area contributed by atoms with Gasteiger partial charge in [-0.25, -0.2) is 4.79 Å². The molecule has 2 aromatic rings. The number of benzene rings is 2. The minimum atomic E-state index is -1.40. The van der Waals surface area contributed by atoms with Gasteiger partial charge in [0.25, 0.3) is 5.91 Å². The number of aliphatic carboxylic acids is 1. The van der Waals surface area contributed by atoms with Crippen LogP contribution in [0.15, 0.2) is 48.5 Å². The van der Waals surface area contributed by atoms with Crippen LogP contribution in [0.4, 0.5) is 4.79 Å². The Hall–Kier alpha value is -3.39. The second-order valence-electron chi connectivity index (χ2n) is 8.24. The van der Waals surface area contributed by atoms with Gasteiger partial charge in [0.15, 0.2) is 0 Å². The van der Waals surface area contributed by atoms with Gasteiger partial charge in [-0.15, -0.1) is 0 Å². The fourth-order valence-corrected chi connectivity index (χ4v) is 4.28. The molecule has 0 radical (unpaired) electrons. The topological polar surface area (TPSA) is 105 Å². The molecule has 1 aliphatic carbocycles. The van der Waals surface area contributed by atoms with Crippen LogP contribution in [0, 0.1) is 0 Å². The molecule has 0 spiro atoms. The van der Waals surface area contributed by atoms with Crippen molar-refractivity contribution in [2.45, 2.75) is 31.7 Å². The molecule has 8 nitrogen and oxygen atoms in total. The molecule has 0 fully saturated rings. The third kappa shape index (κ3) is 5.34. The van der Waals surface area contributed by atoms with Gasteiger partial charge in [-0.2, -0.15) is 0 Å². The van der Waals surface area contributed by atoms with Crippen molar-refractivity contribution < 1.29 is 29.0 Å². The lowest BCUT2D eigenvalue weighted by molar-refractivity contribution is -0.142. The smallest absolute Gasteiger partial charge is 0.408 e. The number of carboxylic acids is 1. The highest BCUT2D eigenvalue weighted by Crippen LogP contribution is 2.44. The summed E-state index contributed by atoms with van der Waals surface area (Å²) in [5, 5.41) is 11.6. The number of alkyl carbamates (subject to hydrolysis) is 1. The fraction of sp³-hybridized carbons (Fsp3) is 0.400. The van der Waals surface area contributed by atoms with Crippen LogP contribution < -0.4 is 5.32 Å². The molecule has 1 unspecified atom stereocenters. The van der Waals surface area contributed by atoms with E-state index in [-0.39, 0.29) is 32.1 Å². The Morgan fingerprint density at radius 3 is 2.15 bits per heavy atom. The van der Waals surface area contributed by atoms with E-state index >= 15 is 0 Å². The van der Waals surface area contributed by atoms with E-state index in [0.717, 1.165) is 22.3 Å². The molecule has 0 heterocycles. The minimum absolute atomic E-state index is 0.0380. The van der Waals surface area contributed by atoms with Crippen molar-refractivity contribution in [3.8, 4) is 11.1 Å². The average Bonchev–Trinajstić information content (AvgIpc) is 3.11. The number of likely N-dealkylation sites (N-methyl/N-ethyl adjacent to an activating group) is 1. The Morgan fingerprint density at radius 2 is 1.64 bits per heavy atom. The minimum Gasteiger partial charge on any atom is -0.481 e. The summed E-state index contributed by atoms with van der Waals surface area (Å²) in [5.74, 6) is -1.53. The zero-order chi connectivity index (χ0) is 24.0. The molecule has 0 aliphatic heterocycles. The van der Waals surface area contributed by atoms with E-state index in [4.69, 9.17) is 14.6 Å². The number of hydrogen-bond acceptors (Lipinski definition) is 5. The van der Waals surface area contributed by atoms with Crippen molar-refractivity contribution >= 4 is 18.0 Å². The summed E-state index contributed by atoms with van der Waals surface area (Å²) >= 11 is 0. The molecule has 33 heavy (non-hydrogen) atoms. The number of methoxy groups -OCH3 is 1. The zero-order valence-electron chi connectivity index (χ0n) is 19.2. The van der Waals surface area contributed by atoms with Crippen molar-refractivity contribution in [1.29, 1.82) is 0 Å². The van der Waals surface area contributed by atoms with E-state index < -0.39 is 23.5 Å². The van der Waals surface area contributed by atoms with E-state index in [1.54, 1.807) is 13.8 Å². The van der Waals surface area contributed by atoms with E-state index in [1.165, 1.54) is 12.0 Å². The van der Waals surface area contributed by atoms with Crippen LogP contribution >= 0.6 is 0 Å². The zero-order valence-corrected chi connectivity index (χ0v) is 19.2. The molecule has 3 rings (SSSR count). The first kappa shape index (κ1) is 24.3. The second-order valence-corrected chi connectivity index (χ2v) is 8.24. The van der Waals surface area contributed by atoms with Gasteiger partial charge >= 0.3 is 12.1 Å². The lowest BCUT2D eigenvalue weighted by Gasteiger charge is -2.34. The van der Waals surface area contributed by atoms with Gasteiger partial charge in [0, 0.05) is 26.1 Å². The molecule has 2 aromatic carbocycles. The first-order chi connectivity index (χ1) is 15.8. The van der Waals surface area contributed by atoms with Crippen molar-refractivity contribution in [1.82, 2.24) is 10.2 Å². The third-order valence-electron chi connectivity index (χ3n) is 5.89. The van der Waals surface area contributed by atoms with Crippen LogP contribution in [0.1, 0.15) is 37.3 Å². The molecule has 2 amide bonds. The number of hydrogen-bond donors (Lipinski definition) is 2. The lowest BCUT2D eigenvalue weighted by atomic mass is 9.98. The van der Waals surface area contributed by atoms with Crippen LogP contribution in [0.25, 0.3) is 11.1 Å². The average molecular weight is 455 g/mol. The highest BCUT2D eigenvalue weighted by Gasteiger charge is 2.39. The number of nitrogens with one attached hydrogen (secondary N) is 1. The van der Waals surface area contributed by atoms with Crippen LogP contribution in [-0.4, -0.2) is 66.9 Å². The summed E-state index contributed by atoms with van der Waals surface area (Å²) in [7, 11) is 1.43. The first-order valence-electron chi connectivity index (χ1n) is 10.9. The normalized spacial score (nSPS) is 14.0. The summed E-state index contributed by atoms with van der Waals surface area (Å²) in [5.41, 5.74) is 3.03. The summed E-state index contributed by atoms with van der Waals surface area (Å²) < 4.78 is 10.8. The van der Waals surface area contributed by atoms with E-state index in [2.05, 4.69) is 17.4 Å². The SMILES string of the molecule is CCN(CCC(=O)O)C(=O)C(C)(COC)NC(=O)OCC1c2ccccc2-c2ccccc21. The maximum atomic E-state index is 13.1. The molecule has 2 N–H and O–H groups in total. The summed E-state index contributed by atoms with van der Waals surface area (Å²) in [4.78, 5) is 38.2. The second kappa shape index (κ2) is 10.5. The number of ether oxygens (including phenoxy) is 2. The van der Waals surface area contributed by atoms with Gasteiger partial charge in [-0.05, 0) is 36.1 Å². The van der Waals surface area contributed by atoms with Gasteiger partial charge in [-0.3, -0.25) is 9.59 Å². The van der Waals surface area contributed by atoms with Crippen LogP contribution in [0.5, 0.6) is 0 Å². The van der Waals surface area contributed by atoms with Gasteiger partial charge < -0.3 is 24.8 Å². The van der Waals surface area contributed by atoms with E-state index in [0.29, 0.717) is 6.54 Å². The third-order valence-corrected chi connectivity index (χ3v) is 5.89. The molecule has 1 aliphatic rings. The van der Waals surface area contributed by atoms with Crippen molar-refractivity contribution in [2.75, 3.05) is 33.4 Å². The van der Waals surface area contributed by atoms with Gasteiger partial charge in [-0.1, -0.05) is 48.5 Å². The Kier molecular flexibility index (Phi) is 7.71. The summed E-state index contributed by atoms with van der Waals surface area (Å²) in [6, 6.07) is 16.1. The standard InChI is InChI=1S/C25H30N2O6/c1-4-27(14-13-22(28)29)23(30)25(2,16-32-3)26-24(31)33-15-21-19-11-7-5-9-17(19)18-10-6-8-12-20(18)21/h5-12,21H,4,13-16H2,1-3H3,(H,26,31)(H,28,29). The van der Waals surface area contributed by atoms with Crippen molar-refractivity contribution in [3.05, 3.63) is 59.7 Å². The van der Waals surface area contributed by atoms with Gasteiger partial charge in [0.1, 0.15) is 12.1 Å². The number of carboxylic acid groups (broad SMARTS) is 1. The molecular weight excluding hydrogens is 424 g/mol. The number of carbonyl (C=O) groups excluding carboxylic acids is 2. The van der Waals surface area contributed by atoms with Crippen LogP contribution in [0.2, 0.25) is 0 Å². The lowest BCUT2D eigenvalue weighted by Crippen LogP contribution is -2.60. The Morgan fingerprint density at radius 1 is 1.06 bits per heavy atom. The fourth-order valence-electron chi connectivity index (χ4n) is 4.28. The van der Waals surface area contributed by atoms with Gasteiger partial charge in [0.2, 0.25) is 0 Å². The summed E-state index contributed by atoms with van der Waals surface area (Å²) in [6.45, 7) is 3.67. The summed E-state index contributed by atoms with van der Waals surface area (Å²) in [6.07, 6.45) is -0.924. The Balaban J connectivity index is 1.70. The van der Waals surface area contributed by atoms with Crippen molar-refractivity contribution in [3.63, 3.8) is 0 Å².